The van der Waals surface area contributed by atoms with Gasteiger partial charge in [0.25, 0.3) is 5.91 Å². The van der Waals surface area contributed by atoms with E-state index < -0.39 is 6.10 Å². The molecule has 1 aliphatic heterocycles. The summed E-state index contributed by atoms with van der Waals surface area (Å²) < 4.78 is 16.5. The van der Waals surface area contributed by atoms with Crippen molar-refractivity contribution in [2.45, 2.75) is 18.9 Å². The van der Waals surface area contributed by atoms with Crippen LogP contribution in [0, 0.1) is 5.92 Å². The standard InChI is InChI=1S/C27H28ClN3O6/c1-14(32)30-37-21-11-20-23(18-8-6-5-7-17(18)21)16(12-28)13-31(20)27(33)19-9-15-10-22(34-2)25(35-3)26(36-4)24(15)29-19/h5-11,16,21,23,29H,12-13H2,1-4H3,(H,30,32)/t16-,21?,23?/m1/s1. The van der Waals surface area contributed by atoms with E-state index in [0.29, 0.717) is 40.9 Å². The van der Waals surface area contributed by atoms with Crippen molar-refractivity contribution in [3.63, 3.8) is 0 Å². The van der Waals surface area contributed by atoms with Crippen molar-refractivity contribution < 1.29 is 28.6 Å². The van der Waals surface area contributed by atoms with E-state index >= 15 is 0 Å². The Morgan fingerprint density at radius 1 is 1.08 bits per heavy atom. The van der Waals surface area contributed by atoms with Gasteiger partial charge in [0.2, 0.25) is 11.7 Å². The van der Waals surface area contributed by atoms with E-state index in [2.05, 4.69) is 10.5 Å². The minimum absolute atomic E-state index is 0.0128. The Morgan fingerprint density at radius 2 is 1.81 bits per heavy atom. The lowest BCUT2D eigenvalue weighted by atomic mass is 9.80. The number of allylic oxidation sites excluding steroid dienone is 1. The molecule has 194 valence electrons. The van der Waals surface area contributed by atoms with Crippen LogP contribution in [0.3, 0.4) is 0 Å². The van der Waals surface area contributed by atoms with Crippen molar-refractivity contribution in [1.29, 1.82) is 0 Å². The van der Waals surface area contributed by atoms with Gasteiger partial charge in [0.1, 0.15) is 11.8 Å². The fourth-order valence-corrected chi connectivity index (χ4v) is 5.62. The molecule has 2 heterocycles. The molecule has 0 radical (unpaired) electrons. The predicted octanol–water partition coefficient (Wildman–Crippen LogP) is 4.29. The Balaban J connectivity index is 1.57. The molecule has 0 saturated carbocycles. The minimum atomic E-state index is -0.549. The molecule has 37 heavy (non-hydrogen) atoms. The lowest BCUT2D eigenvalue weighted by Crippen LogP contribution is -2.30. The van der Waals surface area contributed by atoms with Crippen LogP contribution in [-0.2, 0) is 9.63 Å². The van der Waals surface area contributed by atoms with Crippen LogP contribution in [0.4, 0.5) is 0 Å². The van der Waals surface area contributed by atoms with Gasteiger partial charge in [0, 0.05) is 42.3 Å². The van der Waals surface area contributed by atoms with E-state index in [9.17, 15) is 9.59 Å². The van der Waals surface area contributed by atoms with Gasteiger partial charge < -0.3 is 24.1 Å². The molecule has 1 saturated heterocycles. The van der Waals surface area contributed by atoms with Gasteiger partial charge in [-0.1, -0.05) is 24.3 Å². The number of likely N-dealkylation sites (tertiary alicyclic amines) is 1. The maximum absolute atomic E-state index is 13.9. The number of ether oxygens (including phenoxy) is 3. The SMILES string of the molecule is COc1cc2cc(C(=O)N3C[C@@H](CCl)C4C3=CC(ONC(C)=O)c3ccccc34)[nH]c2c(OC)c1OC. The maximum atomic E-state index is 13.9. The first kappa shape index (κ1) is 25.0. The number of hydrogen-bond donors (Lipinski definition) is 2. The Bertz CT molecular complexity index is 1400. The highest BCUT2D eigenvalue weighted by molar-refractivity contribution is 6.18. The van der Waals surface area contributed by atoms with E-state index in [4.69, 9.17) is 30.6 Å². The van der Waals surface area contributed by atoms with Crippen molar-refractivity contribution in [2.75, 3.05) is 33.8 Å². The number of alkyl halides is 1. The molecule has 3 aromatic rings. The number of carbonyl (C=O) groups excluding carboxylic acids is 2. The first-order valence-electron chi connectivity index (χ1n) is 11.8. The number of aromatic amines is 1. The summed E-state index contributed by atoms with van der Waals surface area (Å²) in [5, 5.41) is 0.748. The quantitative estimate of drug-likeness (QED) is 0.352. The molecule has 1 fully saturated rings. The third-order valence-corrected chi connectivity index (χ3v) is 7.30. The van der Waals surface area contributed by atoms with Crippen LogP contribution in [0.5, 0.6) is 17.2 Å². The fourth-order valence-electron chi connectivity index (χ4n) is 5.35. The largest absolute Gasteiger partial charge is 0.493 e. The zero-order valence-electron chi connectivity index (χ0n) is 21.0. The zero-order chi connectivity index (χ0) is 26.3. The van der Waals surface area contributed by atoms with Gasteiger partial charge in [-0.25, -0.2) is 5.48 Å². The second kappa shape index (κ2) is 9.99. The number of hydrogen-bond acceptors (Lipinski definition) is 6. The molecule has 2 unspecified atom stereocenters. The van der Waals surface area contributed by atoms with Crippen molar-refractivity contribution in [3.05, 3.63) is 65.0 Å². The Morgan fingerprint density at radius 3 is 2.46 bits per heavy atom. The number of nitrogens with one attached hydrogen (secondary N) is 2. The molecule has 2 aromatic carbocycles. The zero-order valence-corrected chi connectivity index (χ0v) is 21.7. The summed E-state index contributed by atoms with van der Waals surface area (Å²) in [6, 6.07) is 11.4. The van der Waals surface area contributed by atoms with Crippen LogP contribution in [-0.4, -0.2) is 55.5 Å². The number of rotatable bonds is 7. The summed E-state index contributed by atoms with van der Waals surface area (Å²) in [5.41, 5.74) is 6.21. The number of aromatic nitrogens is 1. The summed E-state index contributed by atoms with van der Waals surface area (Å²) in [7, 11) is 4.62. The molecule has 3 atom stereocenters. The van der Waals surface area contributed by atoms with Gasteiger partial charge >= 0.3 is 0 Å². The smallest absolute Gasteiger partial charge is 0.274 e. The van der Waals surface area contributed by atoms with E-state index in [1.54, 1.807) is 24.1 Å². The number of amides is 2. The fraction of sp³-hybridized carbons (Fsp3) is 0.333. The second-order valence-corrected chi connectivity index (χ2v) is 9.33. The van der Waals surface area contributed by atoms with Crippen molar-refractivity contribution in [3.8, 4) is 17.2 Å². The predicted molar refractivity (Wildman–Crippen MR) is 138 cm³/mol. The minimum Gasteiger partial charge on any atom is -0.493 e. The van der Waals surface area contributed by atoms with Crippen molar-refractivity contribution in [1.82, 2.24) is 15.4 Å². The van der Waals surface area contributed by atoms with Gasteiger partial charge in [-0.05, 0) is 29.3 Å². The highest BCUT2D eigenvalue weighted by atomic mass is 35.5. The number of H-pyrrole nitrogens is 1. The Kier molecular flexibility index (Phi) is 6.74. The molecular weight excluding hydrogens is 498 g/mol. The average molecular weight is 526 g/mol. The topological polar surface area (TPSA) is 102 Å². The number of halogens is 1. The first-order valence-corrected chi connectivity index (χ1v) is 12.4. The van der Waals surface area contributed by atoms with Gasteiger partial charge in [-0.2, -0.15) is 0 Å². The van der Waals surface area contributed by atoms with Crippen LogP contribution >= 0.6 is 11.6 Å². The second-order valence-electron chi connectivity index (χ2n) is 9.02. The van der Waals surface area contributed by atoms with E-state index in [1.165, 1.54) is 21.1 Å². The van der Waals surface area contributed by atoms with Crippen LogP contribution in [0.25, 0.3) is 10.9 Å². The highest BCUT2D eigenvalue weighted by Gasteiger charge is 2.45. The van der Waals surface area contributed by atoms with Crippen molar-refractivity contribution >= 4 is 34.3 Å². The highest BCUT2D eigenvalue weighted by Crippen LogP contribution is 2.49. The molecule has 2 aliphatic rings. The van der Waals surface area contributed by atoms with Gasteiger partial charge in [-0.15, -0.1) is 11.6 Å². The summed E-state index contributed by atoms with van der Waals surface area (Å²) in [6.45, 7) is 1.83. The third-order valence-electron chi connectivity index (χ3n) is 6.90. The molecule has 1 aliphatic carbocycles. The molecule has 5 rings (SSSR count). The van der Waals surface area contributed by atoms with Crippen molar-refractivity contribution in [2.24, 2.45) is 5.92 Å². The average Bonchev–Trinajstić information content (AvgIpc) is 3.51. The van der Waals surface area contributed by atoms with E-state index in [1.807, 2.05) is 30.3 Å². The van der Waals surface area contributed by atoms with Crippen LogP contribution < -0.4 is 19.7 Å². The molecule has 0 spiro atoms. The van der Waals surface area contributed by atoms with E-state index in [-0.39, 0.29) is 23.7 Å². The number of benzene rings is 2. The summed E-state index contributed by atoms with van der Waals surface area (Å²) in [4.78, 5) is 36.1. The van der Waals surface area contributed by atoms with Crippen LogP contribution in [0.1, 0.15) is 40.6 Å². The maximum Gasteiger partial charge on any atom is 0.274 e. The molecule has 2 N–H and O–H groups in total. The monoisotopic (exact) mass is 525 g/mol. The lowest BCUT2D eigenvalue weighted by molar-refractivity contribution is -0.134. The number of hydroxylamine groups is 1. The lowest BCUT2D eigenvalue weighted by Gasteiger charge is -2.31. The van der Waals surface area contributed by atoms with Crippen LogP contribution in [0.2, 0.25) is 0 Å². The number of nitrogens with zero attached hydrogens (tertiary/aromatic N) is 1. The van der Waals surface area contributed by atoms with E-state index in [0.717, 1.165) is 22.2 Å². The Labute approximate surface area is 219 Å². The number of carbonyl (C=O) groups is 2. The summed E-state index contributed by atoms with van der Waals surface area (Å²) >= 11 is 6.41. The van der Waals surface area contributed by atoms with Gasteiger partial charge in [0.15, 0.2) is 11.5 Å². The number of fused-ring (bicyclic) bond motifs is 4. The van der Waals surface area contributed by atoms with Gasteiger partial charge in [-0.3, -0.25) is 14.4 Å². The normalized spacial score (nSPS) is 20.2. The number of methoxy groups -OCH3 is 3. The van der Waals surface area contributed by atoms with Gasteiger partial charge in [0.05, 0.1) is 26.8 Å². The molecule has 2 amide bonds. The van der Waals surface area contributed by atoms with Crippen LogP contribution in [0.15, 0.2) is 48.2 Å². The molecular formula is C27H28ClN3O6. The molecule has 0 bridgehead atoms. The molecule has 9 nitrogen and oxygen atoms in total. The Hall–Kier alpha value is -3.69. The first-order chi connectivity index (χ1) is 17.9. The molecule has 10 heteroatoms. The molecule has 1 aromatic heterocycles. The summed E-state index contributed by atoms with van der Waals surface area (Å²) in [5.74, 6) is 1.18. The third kappa shape index (κ3) is 4.18. The summed E-state index contributed by atoms with van der Waals surface area (Å²) in [6.07, 6.45) is 1.34.